The fourth-order valence-corrected chi connectivity index (χ4v) is 16.1. The fraction of sp³-hybridized carbons (Fsp3) is 0.912. The van der Waals surface area contributed by atoms with Gasteiger partial charge in [0.2, 0.25) is 10.4 Å². The zero-order chi connectivity index (χ0) is 63.9. The summed E-state index contributed by atoms with van der Waals surface area (Å²) < 4.78 is 102. The van der Waals surface area contributed by atoms with Crippen LogP contribution in [0.25, 0.3) is 0 Å². The Labute approximate surface area is 533 Å². The van der Waals surface area contributed by atoms with Gasteiger partial charge in [0.1, 0.15) is 104 Å². The number of carbonyl (C=O) groups is 1. The number of allylic oxidation sites excluding steroid dienone is 4. The second-order valence-electron chi connectivity index (χ2n) is 26.6. The van der Waals surface area contributed by atoms with E-state index in [1.165, 1.54) is 13.8 Å². The summed E-state index contributed by atoms with van der Waals surface area (Å²) in [6.45, 7) is 11.5. The predicted molar refractivity (Wildman–Crippen MR) is 290 cm³/mol. The number of ether oxygens (including phenoxy) is 10. The van der Waals surface area contributed by atoms with E-state index in [9.17, 15) is 89.3 Å². The number of rotatable bonds is 18. The molecular weight excluding hydrogens is 1200 g/mol. The van der Waals surface area contributed by atoms with Gasteiger partial charge in [-0.25, -0.2) is 8.42 Å². The van der Waals surface area contributed by atoms with E-state index in [1.807, 2.05) is 20.8 Å². The molecule has 29 nitrogen and oxygen atoms in total. The number of aliphatic hydroxyl groups excluding tert-OH is 13. The summed E-state index contributed by atoms with van der Waals surface area (Å²) in [5.41, 5.74) is -0.126. The molecule has 5 heterocycles. The molecule has 5 saturated heterocycles. The van der Waals surface area contributed by atoms with Gasteiger partial charge in [-0.15, -0.1) is 0 Å². The molecule has 500 valence electrons. The normalized spacial score (nSPS) is 49.6. The summed E-state index contributed by atoms with van der Waals surface area (Å²) in [4.78, 5) is 13.5. The first-order chi connectivity index (χ1) is 40.7. The summed E-state index contributed by atoms with van der Waals surface area (Å²) in [7, 11) is -5.17. The molecule has 0 amide bonds. The molecule has 0 aromatic rings. The topological polar surface area (TPSA) is 459 Å². The van der Waals surface area contributed by atoms with Gasteiger partial charge in [0, 0.05) is 6.42 Å². The molecule has 3 saturated carbocycles. The molecule has 4 aliphatic carbocycles. The molecule has 0 unspecified atom stereocenters. The van der Waals surface area contributed by atoms with Gasteiger partial charge in [0.25, 0.3) is 0 Å². The number of ketones is 1. The Balaban J connectivity index is 0.0000100. The van der Waals surface area contributed by atoms with Crippen LogP contribution in [0.2, 0.25) is 0 Å². The van der Waals surface area contributed by atoms with Crippen molar-refractivity contribution in [2.24, 2.45) is 34.5 Å². The third-order valence-corrected chi connectivity index (χ3v) is 21.3. The van der Waals surface area contributed by atoms with Crippen molar-refractivity contribution in [1.29, 1.82) is 0 Å². The molecule has 0 spiro atoms. The number of hydrogen-bond acceptors (Lipinski definition) is 29. The molecule has 5 aliphatic heterocycles. The van der Waals surface area contributed by atoms with E-state index in [-0.39, 0.29) is 78.8 Å². The molecule has 0 radical (unpaired) electrons. The van der Waals surface area contributed by atoms with Crippen molar-refractivity contribution < 1.29 is 170 Å². The van der Waals surface area contributed by atoms with E-state index in [2.05, 4.69) is 13.0 Å². The van der Waals surface area contributed by atoms with Gasteiger partial charge in [-0.1, -0.05) is 31.1 Å². The van der Waals surface area contributed by atoms with E-state index in [4.69, 9.17) is 51.6 Å². The fourth-order valence-electron chi connectivity index (χ4n) is 15.6. The van der Waals surface area contributed by atoms with Crippen LogP contribution in [-0.2, 0) is 66.7 Å². The minimum absolute atomic E-state index is 0. The average molecular weight is 1300 g/mol. The van der Waals surface area contributed by atoms with E-state index >= 15 is 0 Å². The van der Waals surface area contributed by atoms with Crippen LogP contribution < -0.4 is 29.6 Å². The molecule has 9 rings (SSSR count). The molecule has 0 aromatic carbocycles. The van der Waals surface area contributed by atoms with Crippen LogP contribution in [0.3, 0.4) is 0 Å². The van der Waals surface area contributed by atoms with Gasteiger partial charge in [0.15, 0.2) is 37.2 Å². The first kappa shape index (κ1) is 72.9. The largest absolute Gasteiger partial charge is 1.00 e. The van der Waals surface area contributed by atoms with Gasteiger partial charge in [0.05, 0.1) is 49.8 Å². The maximum absolute atomic E-state index is 13.5. The monoisotopic (exact) mass is 1290 g/mol. The number of Topliss-reactive ketones (excluding diaryl/α,β-unsaturated/α-hetero) is 1. The van der Waals surface area contributed by atoms with Crippen LogP contribution >= 0.6 is 0 Å². The van der Waals surface area contributed by atoms with Gasteiger partial charge >= 0.3 is 29.6 Å². The van der Waals surface area contributed by atoms with E-state index < -0.39 is 212 Å². The van der Waals surface area contributed by atoms with Crippen LogP contribution in [0.5, 0.6) is 0 Å². The number of carbonyl (C=O) groups excluding carboxylic acids is 1. The molecule has 88 heavy (non-hydrogen) atoms. The Morgan fingerprint density at radius 3 is 1.74 bits per heavy atom. The third kappa shape index (κ3) is 14.3. The van der Waals surface area contributed by atoms with Crippen LogP contribution in [0.4, 0.5) is 0 Å². The molecule has 31 heteroatoms. The first-order valence-corrected chi connectivity index (χ1v) is 31.4. The Morgan fingerprint density at radius 1 is 0.636 bits per heavy atom. The minimum Gasteiger partial charge on any atom is -0.726 e. The molecule has 33 atom stereocenters. The van der Waals surface area contributed by atoms with Gasteiger partial charge in [-0.3, -0.25) is 8.98 Å². The second kappa shape index (κ2) is 28.4. The number of hydrogen-bond donors (Lipinski definition) is 14. The van der Waals surface area contributed by atoms with Gasteiger partial charge in [-0.2, -0.15) is 0 Å². The summed E-state index contributed by atoms with van der Waals surface area (Å²) >= 11 is 0. The standard InChI is InChI=1S/C57H92O29S.Na/c1-21(2)22(3)30(60)17-57(8,72)35-10-9-27-26-16-31(29-15-25(86-87(73,74)75)11-13-55(29,6)28(26)12-14-56(27,35)7)79-52-46(71)47(39(64)33(19-59)80-52)83-53-48(84-50-44(69)41(66)36(61)23(4)77-50)40(65)34(20-76-53)82-54-49(43(68)38(63)32(18-58)81-54)85-51-45(70)42(67)37(62)24(5)78-51;/h12,23-27,29,31-54,58-59,61-72H,9-11,13-20H2,1-8H3,(H,73,74,75);/q;+1/p-1/t23-,24-,25+,26+,27+,29-,31+,32-,33-,34-,35+,36-,37-,38+,39-,40+,41+,42+,43+,44-,45-,46-,47+,48-,49-,50+,51+,52-,53+,54+,55-,56+,57+;/m1./s1. The molecular formula is C57H91NaO29S. The van der Waals surface area contributed by atoms with Crippen LogP contribution in [-0.4, -0.2) is 275 Å². The van der Waals surface area contributed by atoms with Crippen LogP contribution in [0.1, 0.15) is 107 Å². The summed E-state index contributed by atoms with van der Waals surface area (Å²) in [6, 6.07) is 0. The zero-order valence-corrected chi connectivity index (χ0v) is 53.8. The van der Waals surface area contributed by atoms with E-state index in [0.29, 0.717) is 31.3 Å². The SMILES string of the molecule is CC(C)=C(C)C(=O)C[C@](C)(O)[C@H]1CC[C@H]2[C@@H]3C[C@H](O[C@@H]4O[C@H](CO)[C@@H](O)[C@H](O[C@@H]5OC[C@@H](O[C@@H]6O[C@H](CO)[C@H](O)[C@H](O)[C@H]6O[C@@H]6O[C@H](C)[C@@H](O)[C@H](O)[C@H]6O)[C@H](O)[C@H]5O[C@@H]5O[C@H](C)[C@@H](O)[C@H](O)[C@H]5O)[C@H]4O)[C@H]4C[C@@H](OS(=O)(=O)[O-])CC[C@]4(C)C3=CC[C@@]21C.[Na+]. The third-order valence-electron chi connectivity index (χ3n) is 20.8. The number of aliphatic hydroxyl groups is 14. The average Bonchev–Trinajstić information content (AvgIpc) is 1.33. The molecule has 14 N–H and O–H groups in total. The predicted octanol–water partition coefficient (Wildman–Crippen LogP) is -6.73. The smallest absolute Gasteiger partial charge is 0.726 e. The maximum atomic E-state index is 13.5. The van der Waals surface area contributed by atoms with Crippen molar-refractivity contribution in [1.82, 2.24) is 0 Å². The summed E-state index contributed by atoms with van der Waals surface area (Å²) in [6.07, 6.45) is -40.1. The summed E-state index contributed by atoms with van der Waals surface area (Å²) in [5.74, 6) is -1.37. The first-order valence-electron chi connectivity index (χ1n) is 30.1. The minimum atomic E-state index is -5.17. The van der Waals surface area contributed by atoms with Crippen molar-refractivity contribution in [3.05, 3.63) is 22.8 Å². The van der Waals surface area contributed by atoms with Crippen LogP contribution in [0.15, 0.2) is 22.8 Å². The Hall–Kier alpha value is -0.940. The van der Waals surface area contributed by atoms with E-state index in [1.54, 1.807) is 13.8 Å². The van der Waals surface area contributed by atoms with Crippen molar-refractivity contribution in [2.45, 2.75) is 272 Å². The molecule has 0 aromatic heterocycles. The second-order valence-corrected chi connectivity index (χ2v) is 27.6. The Bertz CT molecular complexity index is 2560. The Morgan fingerprint density at radius 2 is 1.17 bits per heavy atom. The molecule has 0 bridgehead atoms. The van der Waals surface area contributed by atoms with Gasteiger partial charge in [-0.05, 0) is 127 Å². The maximum Gasteiger partial charge on any atom is 1.00 e. The quantitative estimate of drug-likeness (QED) is 0.0199. The van der Waals surface area contributed by atoms with Crippen LogP contribution in [0, 0.1) is 34.5 Å². The summed E-state index contributed by atoms with van der Waals surface area (Å²) in [5, 5.41) is 156. The van der Waals surface area contributed by atoms with Gasteiger partial charge < -0.3 is 123 Å². The van der Waals surface area contributed by atoms with Crippen molar-refractivity contribution in [3.8, 4) is 0 Å². The Kier molecular flexibility index (Phi) is 23.5. The number of fused-ring (bicyclic) bond motifs is 5. The van der Waals surface area contributed by atoms with Crippen molar-refractivity contribution in [3.63, 3.8) is 0 Å². The van der Waals surface area contributed by atoms with Crippen molar-refractivity contribution >= 4 is 16.2 Å². The zero-order valence-electron chi connectivity index (χ0n) is 51.0. The van der Waals surface area contributed by atoms with E-state index in [0.717, 1.165) is 11.1 Å². The van der Waals surface area contributed by atoms with Crippen molar-refractivity contribution in [2.75, 3.05) is 19.8 Å². The molecule has 8 fully saturated rings. The molecule has 9 aliphatic rings.